The first kappa shape index (κ1) is 11.9. The van der Waals surface area contributed by atoms with Crippen LogP contribution in [0.1, 0.15) is 40.0 Å². The van der Waals surface area contributed by atoms with Gasteiger partial charge in [0.25, 0.3) is 0 Å². The van der Waals surface area contributed by atoms with Gasteiger partial charge >= 0.3 is 0 Å². The molecule has 0 fully saturated rings. The summed E-state index contributed by atoms with van der Waals surface area (Å²) < 4.78 is 5.33. The smallest absolute Gasteiger partial charge is 0.0534 e. The number of aliphatic hydroxyl groups is 1. The number of aliphatic hydroxyl groups excluding tert-OH is 1. The van der Waals surface area contributed by atoms with Gasteiger partial charge in [-0.15, -0.1) is 0 Å². The van der Waals surface area contributed by atoms with E-state index in [0.717, 1.165) is 25.4 Å². The Balaban J connectivity index is 2.91. The van der Waals surface area contributed by atoms with E-state index >= 15 is 0 Å². The van der Waals surface area contributed by atoms with Gasteiger partial charge in [-0.1, -0.05) is 13.8 Å². The van der Waals surface area contributed by atoms with Gasteiger partial charge in [-0.05, 0) is 32.1 Å². The summed E-state index contributed by atoms with van der Waals surface area (Å²) in [6.07, 6.45) is 2.89. The molecule has 1 unspecified atom stereocenters. The second kappa shape index (κ2) is 7.56. The molecule has 1 N–H and O–H groups in total. The molecule has 0 rings (SSSR count). The molecule has 74 valence electrons. The van der Waals surface area contributed by atoms with Gasteiger partial charge in [0.1, 0.15) is 0 Å². The minimum Gasteiger partial charge on any atom is -0.393 e. The van der Waals surface area contributed by atoms with E-state index in [9.17, 15) is 0 Å². The highest BCUT2D eigenvalue weighted by molar-refractivity contribution is 4.47. The maximum atomic E-state index is 8.92. The normalized spacial score (nSPS) is 13.8. The van der Waals surface area contributed by atoms with Crippen LogP contribution in [0.25, 0.3) is 0 Å². The van der Waals surface area contributed by atoms with Gasteiger partial charge in [-0.2, -0.15) is 0 Å². The van der Waals surface area contributed by atoms with E-state index < -0.39 is 0 Å². The molecule has 0 heterocycles. The van der Waals surface area contributed by atoms with E-state index in [1.807, 2.05) is 0 Å². The Hall–Kier alpha value is -0.0800. The fraction of sp³-hybridized carbons (Fsp3) is 1.00. The zero-order valence-electron chi connectivity index (χ0n) is 8.55. The molecule has 2 heteroatoms. The van der Waals surface area contributed by atoms with Crippen LogP contribution in [0, 0.1) is 5.92 Å². The summed E-state index contributed by atoms with van der Waals surface area (Å²) in [4.78, 5) is 0. The van der Waals surface area contributed by atoms with Gasteiger partial charge in [-0.25, -0.2) is 0 Å². The van der Waals surface area contributed by atoms with E-state index in [1.54, 1.807) is 6.92 Å². The topological polar surface area (TPSA) is 29.5 Å². The third-order valence-corrected chi connectivity index (χ3v) is 1.75. The molecule has 0 bridgehead atoms. The van der Waals surface area contributed by atoms with Crippen LogP contribution < -0.4 is 0 Å². The lowest BCUT2D eigenvalue weighted by Crippen LogP contribution is -2.06. The van der Waals surface area contributed by atoms with Crippen LogP contribution in [0.4, 0.5) is 0 Å². The van der Waals surface area contributed by atoms with Crippen molar-refractivity contribution in [3.05, 3.63) is 0 Å². The zero-order chi connectivity index (χ0) is 9.40. The van der Waals surface area contributed by atoms with E-state index in [2.05, 4.69) is 13.8 Å². The molecule has 0 aliphatic carbocycles. The summed E-state index contributed by atoms with van der Waals surface area (Å²) in [5.74, 6) is 0.769. The fourth-order valence-corrected chi connectivity index (χ4v) is 0.950. The third kappa shape index (κ3) is 9.92. The van der Waals surface area contributed by atoms with Crippen LogP contribution in [-0.2, 0) is 4.74 Å². The van der Waals surface area contributed by atoms with E-state index in [1.165, 1.54) is 6.42 Å². The minimum absolute atomic E-state index is 0.227. The van der Waals surface area contributed by atoms with Gasteiger partial charge in [0.05, 0.1) is 6.10 Å². The standard InChI is InChI=1S/C10H22O2/c1-9(2)5-4-7-12-8-6-10(3)11/h9-11H,4-8H2,1-3H3. The molecule has 0 saturated carbocycles. The Labute approximate surface area is 75.9 Å². The molecule has 1 atom stereocenters. The Bertz CT molecular complexity index is 77.8. The largest absolute Gasteiger partial charge is 0.393 e. The second-order valence-corrected chi connectivity index (χ2v) is 3.79. The van der Waals surface area contributed by atoms with Gasteiger partial charge in [0, 0.05) is 13.2 Å². The Kier molecular flexibility index (Phi) is 7.51. The van der Waals surface area contributed by atoms with Crippen molar-refractivity contribution in [3.63, 3.8) is 0 Å². The minimum atomic E-state index is -0.227. The van der Waals surface area contributed by atoms with Gasteiger partial charge in [0.2, 0.25) is 0 Å². The average molecular weight is 174 g/mol. The lowest BCUT2D eigenvalue weighted by atomic mass is 10.1. The van der Waals surface area contributed by atoms with Crippen LogP contribution in [0.3, 0.4) is 0 Å². The molecule has 0 amide bonds. The summed E-state index contributed by atoms with van der Waals surface area (Å²) in [5.41, 5.74) is 0. The fourth-order valence-electron chi connectivity index (χ4n) is 0.950. The van der Waals surface area contributed by atoms with Crippen LogP contribution in [0.5, 0.6) is 0 Å². The molecule has 0 aromatic heterocycles. The first-order valence-electron chi connectivity index (χ1n) is 4.88. The highest BCUT2D eigenvalue weighted by Gasteiger charge is 1.96. The van der Waals surface area contributed by atoms with E-state index in [4.69, 9.17) is 9.84 Å². The van der Waals surface area contributed by atoms with E-state index in [-0.39, 0.29) is 6.10 Å². The lowest BCUT2D eigenvalue weighted by molar-refractivity contribution is 0.0860. The third-order valence-electron chi connectivity index (χ3n) is 1.75. The molecular formula is C10H22O2. The molecule has 12 heavy (non-hydrogen) atoms. The average Bonchev–Trinajstić information content (AvgIpc) is 1.95. The van der Waals surface area contributed by atoms with Crippen LogP contribution in [0.15, 0.2) is 0 Å². The van der Waals surface area contributed by atoms with Crippen molar-refractivity contribution in [2.45, 2.75) is 46.1 Å². The van der Waals surface area contributed by atoms with E-state index in [0.29, 0.717) is 6.61 Å². The monoisotopic (exact) mass is 174 g/mol. The summed E-state index contributed by atoms with van der Waals surface area (Å²) in [7, 11) is 0. The molecule has 0 aliphatic heterocycles. The van der Waals surface area contributed by atoms with Crippen molar-refractivity contribution in [1.29, 1.82) is 0 Å². The predicted octanol–water partition coefficient (Wildman–Crippen LogP) is 2.21. The first-order chi connectivity index (χ1) is 5.63. The Morgan fingerprint density at radius 1 is 1.08 bits per heavy atom. The molecule has 0 radical (unpaired) electrons. The summed E-state index contributed by atoms with van der Waals surface area (Å²) in [6, 6.07) is 0. The van der Waals surface area contributed by atoms with Crippen molar-refractivity contribution in [3.8, 4) is 0 Å². The molecule has 0 aromatic carbocycles. The van der Waals surface area contributed by atoms with Crippen molar-refractivity contribution in [1.82, 2.24) is 0 Å². The van der Waals surface area contributed by atoms with Crippen molar-refractivity contribution >= 4 is 0 Å². The summed E-state index contributed by atoms with van der Waals surface area (Å²) in [6.45, 7) is 7.75. The maximum Gasteiger partial charge on any atom is 0.0534 e. The van der Waals surface area contributed by atoms with Gasteiger partial charge in [-0.3, -0.25) is 0 Å². The molecule has 0 spiro atoms. The quantitative estimate of drug-likeness (QED) is 0.600. The predicted molar refractivity (Wildman–Crippen MR) is 51.2 cm³/mol. The molecule has 0 aromatic rings. The maximum absolute atomic E-state index is 8.92. The van der Waals surface area contributed by atoms with Crippen LogP contribution >= 0.6 is 0 Å². The highest BCUT2D eigenvalue weighted by Crippen LogP contribution is 2.03. The first-order valence-corrected chi connectivity index (χ1v) is 4.88. The van der Waals surface area contributed by atoms with Crippen molar-refractivity contribution in [2.24, 2.45) is 5.92 Å². The number of rotatable bonds is 7. The molecule has 0 aliphatic rings. The molecular weight excluding hydrogens is 152 g/mol. The highest BCUT2D eigenvalue weighted by atomic mass is 16.5. The number of hydrogen-bond acceptors (Lipinski definition) is 2. The number of hydrogen-bond donors (Lipinski definition) is 1. The van der Waals surface area contributed by atoms with Gasteiger partial charge in [0.15, 0.2) is 0 Å². The van der Waals surface area contributed by atoms with Crippen molar-refractivity contribution in [2.75, 3.05) is 13.2 Å². The van der Waals surface area contributed by atoms with Gasteiger partial charge < -0.3 is 9.84 Å². The summed E-state index contributed by atoms with van der Waals surface area (Å²) >= 11 is 0. The van der Waals surface area contributed by atoms with Crippen LogP contribution in [-0.4, -0.2) is 24.4 Å². The Morgan fingerprint density at radius 3 is 2.25 bits per heavy atom. The van der Waals surface area contributed by atoms with Crippen molar-refractivity contribution < 1.29 is 9.84 Å². The number of ether oxygens (including phenoxy) is 1. The zero-order valence-corrected chi connectivity index (χ0v) is 8.55. The lowest BCUT2D eigenvalue weighted by Gasteiger charge is -2.06. The second-order valence-electron chi connectivity index (χ2n) is 3.79. The molecule has 2 nitrogen and oxygen atoms in total. The summed E-state index contributed by atoms with van der Waals surface area (Å²) in [5, 5.41) is 8.92. The van der Waals surface area contributed by atoms with Crippen LogP contribution in [0.2, 0.25) is 0 Å². The molecule has 0 saturated heterocycles. The Morgan fingerprint density at radius 2 is 1.75 bits per heavy atom. The SMILES string of the molecule is CC(C)CCCOCCC(C)O.